The SMILES string of the molecule is Cc1ccc([N+](=O)[O-])c(C(=O)N(CCCl)CC(F)F)c1. The van der Waals surface area contributed by atoms with Crippen molar-refractivity contribution in [3.05, 3.63) is 39.4 Å². The van der Waals surface area contributed by atoms with Gasteiger partial charge in [-0.1, -0.05) is 6.07 Å². The Morgan fingerprint density at radius 2 is 2.15 bits per heavy atom. The van der Waals surface area contributed by atoms with Gasteiger partial charge < -0.3 is 4.90 Å². The molecular weight excluding hydrogens is 294 g/mol. The maximum Gasteiger partial charge on any atom is 0.282 e. The molecule has 0 atom stereocenters. The summed E-state index contributed by atoms with van der Waals surface area (Å²) in [6, 6.07) is 3.98. The van der Waals surface area contributed by atoms with Crippen LogP contribution in [0.5, 0.6) is 0 Å². The molecule has 0 saturated carbocycles. The molecule has 0 bridgehead atoms. The van der Waals surface area contributed by atoms with E-state index in [0.717, 1.165) is 4.90 Å². The number of nitro benzene ring substituents is 1. The normalized spacial score (nSPS) is 10.7. The molecule has 5 nitrogen and oxygen atoms in total. The van der Waals surface area contributed by atoms with E-state index < -0.39 is 29.5 Å². The van der Waals surface area contributed by atoms with E-state index in [4.69, 9.17) is 11.6 Å². The second-order valence-corrected chi connectivity index (χ2v) is 4.49. The van der Waals surface area contributed by atoms with E-state index in [1.807, 2.05) is 0 Å². The Hall–Kier alpha value is -1.76. The minimum absolute atomic E-state index is 0.0297. The summed E-state index contributed by atoms with van der Waals surface area (Å²) in [4.78, 5) is 23.2. The van der Waals surface area contributed by atoms with E-state index >= 15 is 0 Å². The monoisotopic (exact) mass is 306 g/mol. The number of carbonyl (C=O) groups is 1. The summed E-state index contributed by atoms with van der Waals surface area (Å²) < 4.78 is 24.9. The minimum Gasteiger partial charge on any atom is -0.332 e. The molecule has 1 aromatic rings. The molecule has 0 unspecified atom stereocenters. The van der Waals surface area contributed by atoms with Crippen LogP contribution in [0.1, 0.15) is 15.9 Å². The summed E-state index contributed by atoms with van der Waals surface area (Å²) in [5.74, 6) is -0.848. The summed E-state index contributed by atoms with van der Waals surface area (Å²) in [7, 11) is 0. The number of aryl methyl sites for hydroxylation is 1. The number of halogens is 3. The van der Waals surface area contributed by atoms with Gasteiger partial charge >= 0.3 is 0 Å². The molecule has 0 aliphatic carbocycles. The highest BCUT2D eigenvalue weighted by molar-refractivity contribution is 6.18. The van der Waals surface area contributed by atoms with Gasteiger partial charge in [0.1, 0.15) is 5.56 Å². The van der Waals surface area contributed by atoms with Gasteiger partial charge in [0, 0.05) is 18.5 Å². The molecule has 0 saturated heterocycles. The number of benzene rings is 1. The van der Waals surface area contributed by atoms with Crippen molar-refractivity contribution < 1.29 is 18.5 Å². The number of nitrogens with zero attached hydrogens (tertiary/aromatic N) is 2. The largest absolute Gasteiger partial charge is 0.332 e. The first kappa shape index (κ1) is 16.3. The average molecular weight is 307 g/mol. The van der Waals surface area contributed by atoms with Crippen molar-refractivity contribution in [3.63, 3.8) is 0 Å². The van der Waals surface area contributed by atoms with Crippen molar-refractivity contribution in [2.24, 2.45) is 0 Å². The third-order valence-electron chi connectivity index (χ3n) is 2.58. The van der Waals surface area contributed by atoms with Crippen LogP contribution < -0.4 is 0 Å². The van der Waals surface area contributed by atoms with Crippen molar-refractivity contribution in [2.75, 3.05) is 19.0 Å². The summed E-state index contributed by atoms with van der Waals surface area (Å²) in [6.45, 7) is 0.742. The van der Waals surface area contributed by atoms with Gasteiger partial charge in [0.25, 0.3) is 18.0 Å². The fourth-order valence-corrected chi connectivity index (χ4v) is 1.90. The van der Waals surface area contributed by atoms with Crippen LogP contribution in [0, 0.1) is 17.0 Å². The lowest BCUT2D eigenvalue weighted by Crippen LogP contribution is -2.37. The van der Waals surface area contributed by atoms with Gasteiger partial charge in [-0.2, -0.15) is 0 Å². The highest BCUT2D eigenvalue weighted by Crippen LogP contribution is 2.22. The van der Waals surface area contributed by atoms with E-state index in [9.17, 15) is 23.7 Å². The molecule has 8 heteroatoms. The van der Waals surface area contributed by atoms with Crippen molar-refractivity contribution in [1.29, 1.82) is 0 Å². The quantitative estimate of drug-likeness (QED) is 0.461. The van der Waals surface area contributed by atoms with Gasteiger partial charge in [-0.25, -0.2) is 8.78 Å². The molecule has 0 radical (unpaired) electrons. The number of hydrogen-bond donors (Lipinski definition) is 0. The van der Waals surface area contributed by atoms with Gasteiger partial charge in [0.2, 0.25) is 0 Å². The molecule has 0 aliphatic heterocycles. The molecule has 0 aliphatic rings. The van der Waals surface area contributed by atoms with E-state index in [-0.39, 0.29) is 18.0 Å². The second-order valence-electron chi connectivity index (χ2n) is 4.11. The Kier molecular flexibility index (Phi) is 5.82. The number of carbonyl (C=O) groups excluding carboxylic acids is 1. The van der Waals surface area contributed by atoms with Crippen LogP contribution in [-0.2, 0) is 0 Å². The molecule has 1 aromatic carbocycles. The van der Waals surface area contributed by atoms with Gasteiger partial charge in [0.05, 0.1) is 11.5 Å². The smallest absolute Gasteiger partial charge is 0.282 e. The van der Waals surface area contributed by atoms with Crippen LogP contribution in [0.2, 0.25) is 0 Å². The number of hydrogen-bond acceptors (Lipinski definition) is 3. The Balaban J connectivity index is 3.16. The third-order valence-corrected chi connectivity index (χ3v) is 2.75. The first-order valence-corrected chi connectivity index (χ1v) is 6.28. The maximum absolute atomic E-state index is 12.5. The van der Waals surface area contributed by atoms with Gasteiger partial charge in [-0.05, 0) is 18.6 Å². The topological polar surface area (TPSA) is 63.5 Å². The Morgan fingerprint density at radius 1 is 1.50 bits per heavy atom. The first-order valence-electron chi connectivity index (χ1n) is 5.75. The zero-order chi connectivity index (χ0) is 15.3. The molecule has 0 heterocycles. The highest BCUT2D eigenvalue weighted by Gasteiger charge is 2.26. The summed E-state index contributed by atoms with van der Waals surface area (Å²) in [6.07, 6.45) is -2.73. The van der Waals surface area contributed by atoms with Gasteiger partial charge in [-0.3, -0.25) is 14.9 Å². The molecule has 20 heavy (non-hydrogen) atoms. The molecular formula is C12H13ClF2N2O3. The maximum atomic E-state index is 12.5. The molecule has 110 valence electrons. The minimum atomic E-state index is -2.73. The van der Waals surface area contributed by atoms with Crippen molar-refractivity contribution in [2.45, 2.75) is 13.3 Å². The summed E-state index contributed by atoms with van der Waals surface area (Å²) in [5, 5.41) is 10.9. The average Bonchev–Trinajstić information content (AvgIpc) is 2.36. The lowest BCUT2D eigenvalue weighted by atomic mass is 10.1. The molecule has 0 aromatic heterocycles. The Labute approximate surface area is 119 Å². The molecule has 0 spiro atoms. The van der Waals surface area contributed by atoms with E-state index in [2.05, 4.69) is 0 Å². The fraction of sp³-hybridized carbons (Fsp3) is 0.417. The van der Waals surface area contributed by atoms with Crippen molar-refractivity contribution in [1.82, 2.24) is 4.90 Å². The standard InChI is InChI=1S/C12H13ClF2N2O3/c1-8-2-3-10(17(19)20)9(6-8)12(18)16(5-4-13)7-11(14)15/h2-3,6,11H,4-5,7H2,1H3. The van der Waals surface area contributed by atoms with Crippen LogP contribution in [0.25, 0.3) is 0 Å². The Morgan fingerprint density at radius 3 is 2.65 bits per heavy atom. The number of alkyl halides is 3. The lowest BCUT2D eigenvalue weighted by molar-refractivity contribution is -0.385. The predicted octanol–water partition coefficient (Wildman–Crippen LogP) is 2.85. The van der Waals surface area contributed by atoms with Crippen LogP contribution in [0.3, 0.4) is 0 Å². The van der Waals surface area contributed by atoms with Crippen molar-refractivity contribution in [3.8, 4) is 0 Å². The van der Waals surface area contributed by atoms with Crippen LogP contribution in [0.4, 0.5) is 14.5 Å². The molecule has 1 rings (SSSR count). The van der Waals surface area contributed by atoms with Crippen LogP contribution in [0.15, 0.2) is 18.2 Å². The lowest BCUT2D eigenvalue weighted by Gasteiger charge is -2.21. The fourth-order valence-electron chi connectivity index (χ4n) is 1.70. The first-order chi connectivity index (χ1) is 9.36. The predicted molar refractivity (Wildman–Crippen MR) is 70.5 cm³/mol. The third kappa shape index (κ3) is 4.12. The van der Waals surface area contributed by atoms with Gasteiger partial charge in [0.15, 0.2) is 0 Å². The Bertz CT molecular complexity index is 511. The molecule has 0 N–H and O–H groups in total. The summed E-state index contributed by atoms with van der Waals surface area (Å²) >= 11 is 5.47. The van der Waals surface area contributed by atoms with E-state index in [1.54, 1.807) is 6.92 Å². The molecule has 0 fully saturated rings. The summed E-state index contributed by atoms with van der Waals surface area (Å²) in [5.41, 5.74) is 0.0111. The number of nitro groups is 1. The van der Waals surface area contributed by atoms with E-state index in [1.165, 1.54) is 18.2 Å². The number of amides is 1. The number of rotatable bonds is 6. The zero-order valence-corrected chi connectivity index (χ0v) is 11.4. The van der Waals surface area contributed by atoms with Crippen LogP contribution in [-0.4, -0.2) is 41.1 Å². The van der Waals surface area contributed by atoms with Crippen LogP contribution >= 0.6 is 11.6 Å². The van der Waals surface area contributed by atoms with E-state index in [0.29, 0.717) is 5.56 Å². The zero-order valence-electron chi connectivity index (χ0n) is 10.7. The van der Waals surface area contributed by atoms with Crippen molar-refractivity contribution >= 4 is 23.2 Å². The van der Waals surface area contributed by atoms with Gasteiger partial charge in [-0.15, -0.1) is 11.6 Å². The second kappa shape index (κ2) is 7.14. The molecule has 1 amide bonds. The highest BCUT2D eigenvalue weighted by atomic mass is 35.5.